The van der Waals surface area contributed by atoms with Crippen LogP contribution in [0.3, 0.4) is 0 Å². The van der Waals surface area contributed by atoms with Crippen LogP contribution in [-0.2, 0) is 0 Å². The quantitative estimate of drug-likeness (QED) is 0.865. The zero-order chi connectivity index (χ0) is 15.4. The van der Waals surface area contributed by atoms with Gasteiger partial charge in [-0.2, -0.15) is 0 Å². The minimum atomic E-state index is 0.0576. The summed E-state index contributed by atoms with van der Waals surface area (Å²) in [5.41, 5.74) is 3.24. The molecule has 1 heterocycles. The van der Waals surface area contributed by atoms with Crippen molar-refractivity contribution in [3.8, 4) is 5.75 Å². The number of hydrogen-bond donors (Lipinski definition) is 0. The summed E-state index contributed by atoms with van der Waals surface area (Å²) in [6.07, 6.45) is 3.04. The lowest BCUT2D eigenvalue weighted by molar-refractivity contribution is 0.0772. The summed E-state index contributed by atoms with van der Waals surface area (Å²) in [6, 6.07) is 17.7. The minimum Gasteiger partial charge on any atom is -0.497 e. The highest BCUT2D eigenvalue weighted by Crippen LogP contribution is 2.23. The van der Waals surface area contributed by atoms with E-state index >= 15 is 0 Å². The molecule has 0 unspecified atom stereocenters. The molecule has 0 atom stereocenters. The number of benzene rings is 2. The first-order chi connectivity index (χ1) is 10.8. The van der Waals surface area contributed by atoms with Gasteiger partial charge in [0.25, 0.3) is 5.91 Å². The van der Waals surface area contributed by atoms with Gasteiger partial charge < -0.3 is 9.64 Å². The molecule has 1 aliphatic rings. The van der Waals surface area contributed by atoms with Crippen LogP contribution in [0.25, 0.3) is 5.57 Å². The molecule has 0 saturated heterocycles. The second-order valence-corrected chi connectivity index (χ2v) is 5.33. The predicted octanol–water partition coefficient (Wildman–Crippen LogP) is 3.62. The molecule has 112 valence electrons. The summed E-state index contributed by atoms with van der Waals surface area (Å²) in [4.78, 5) is 14.4. The van der Waals surface area contributed by atoms with Crippen LogP contribution in [0, 0.1) is 0 Å². The summed E-state index contributed by atoms with van der Waals surface area (Å²) in [5.74, 6) is 0.769. The van der Waals surface area contributed by atoms with E-state index in [4.69, 9.17) is 4.74 Å². The lowest BCUT2D eigenvalue weighted by Gasteiger charge is -2.27. The van der Waals surface area contributed by atoms with E-state index in [-0.39, 0.29) is 5.91 Å². The van der Waals surface area contributed by atoms with Crippen molar-refractivity contribution in [2.24, 2.45) is 0 Å². The van der Waals surface area contributed by atoms with Crippen LogP contribution < -0.4 is 4.74 Å². The number of nitrogens with zero attached hydrogens (tertiary/aromatic N) is 1. The van der Waals surface area contributed by atoms with Gasteiger partial charge in [0, 0.05) is 18.7 Å². The van der Waals surface area contributed by atoms with Crippen LogP contribution in [0.1, 0.15) is 22.3 Å². The molecular weight excluding hydrogens is 274 g/mol. The van der Waals surface area contributed by atoms with Crippen molar-refractivity contribution in [3.63, 3.8) is 0 Å². The van der Waals surface area contributed by atoms with Gasteiger partial charge in [0.05, 0.1) is 7.11 Å². The van der Waals surface area contributed by atoms with E-state index in [9.17, 15) is 4.79 Å². The van der Waals surface area contributed by atoms with Gasteiger partial charge in [-0.05, 0) is 35.8 Å². The maximum Gasteiger partial charge on any atom is 0.254 e. The van der Waals surface area contributed by atoms with E-state index in [1.54, 1.807) is 13.2 Å². The summed E-state index contributed by atoms with van der Waals surface area (Å²) < 4.78 is 5.18. The van der Waals surface area contributed by atoms with E-state index in [1.165, 1.54) is 11.1 Å². The Morgan fingerprint density at radius 1 is 1.09 bits per heavy atom. The molecule has 22 heavy (non-hydrogen) atoms. The topological polar surface area (TPSA) is 29.5 Å². The first kappa shape index (κ1) is 14.4. The maximum atomic E-state index is 12.6. The molecule has 0 N–H and O–H groups in total. The van der Waals surface area contributed by atoms with E-state index in [0.717, 1.165) is 13.0 Å². The fraction of sp³-hybridized carbons (Fsp3) is 0.211. The average Bonchev–Trinajstić information content (AvgIpc) is 2.62. The molecule has 0 bridgehead atoms. The number of methoxy groups -OCH3 is 1. The molecule has 1 amide bonds. The predicted molar refractivity (Wildman–Crippen MR) is 87.9 cm³/mol. The minimum absolute atomic E-state index is 0.0576. The normalized spacial score (nSPS) is 14.4. The Morgan fingerprint density at radius 3 is 2.59 bits per heavy atom. The molecule has 0 fully saturated rings. The van der Waals surface area contributed by atoms with Crippen LogP contribution in [-0.4, -0.2) is 31.0 Å². The Labute approximate surface area is 130 Å². The van der Waals surface area contributed by atoms with Gasteiger partial charge in [-0.15, -0.1) is 0 Å². The molecule has 0 spiro atoms. The first-order valence-corrected chi connectivity index (χ1v) is 7.46. The smallest absolute Gasteiger partial charge is 0.254 e. The van der Waals surface area contributed by atoms with E-state index < -0.39 is 0 Å². The Balaban J connectivity index is 1.73. The second kappa shape index (κ2) is 6.48. The average molecular weight is 293 g/mol. The van der Waals surface area contributed by atoms with Gasteiger partial charge in [-0.1, -0.05) is 42.5 Å². The number of carbonyl (C=O) groups is 1. The largest absolute Gasteiger partial charge is 0.497 e. The highest BCUT2D eigenvalue weighted by atomic mass is 16.5. The fourth-order valence-corrected chi connectivity index (χ4v) is 2.71. The summed E-state index contributed by atoms with van der Waals surface area (Å²) in [5, 5.41) is 0. The number of carbonyl (C=O) groups excluding carboxylic acids is 1. The van der Waals surface area contributed by atoms with Gasteiger partial charge in [-0.3, -0.25) is 4.79 Å². The standard InChI is InChI=1S/C19H19NO2/c1-22-18-9-5-8-17(14-18)19(21)20-12-10-16(11-13-20)15-6-3-2-4-7-15/h2-10,14H,11-13H2,1H3. The van der Waals surface area contributed by atoms with Crippen LogP contribution in [0.4, 0.5) is 0 Å². The number of ether oxygens (including phenoxy) is 1. The lowest BCUT2D eigenvalue weighted by Crippen LogP contribution is -2.34. The Bertz CT molecular complexity index is 692. The molecule has 0 saturated carbocycles. The molecule has 3 rings (SSSR count). The summed E-state index contributed by atoms with van der Waals surface area (Å²) in [6.45, 7) is 1.40. The SMILES string of the molecule is COc1cccc(C(=O)N2CC=C(c3ccccc3)CC2)c1. The molecule has 2 aromatic rings. The molecule has 1 aliphatic heterocycles. The molecule has 3 nitrogen and oxygen atoms in total. The van der Waals surface area contributed by atoms with Crippen molar-refractivity contribution in [3.05, 3.63) is 71.8 Å². The van der Waals surface area contributed by atoms with Crippen LogP contribution >= 0.6 is 0 Å². The second-order valence-electron chi connectivity index (χ2n) is 5.33. The molecule has 2 aromatic carbocycles. The van der Waals surface area contributed by atoms with Crippen LogP contribution in [0.5, 0.6) is 5.75 Å². The number of rotatable bonds is 3. The molecule has 3 heteroatoms. The number of hydrogen-bond acceptors (Lipinski definition) is 2. The summed E-state index contributed by atoms with van der Waals surface area (Å²) >= 11 is 0. The van der Waals surface area contributed by atoms with Crippen LogP contribution in [0.2, 0.25) is 0 Å². The van der Waals surface area contributed by atoms with Crippen molar-refractivity contribution < 1.29 is 9.53 Å². The monoisotopic (exact) mass is 293 g/mol. The Hall–Kier alpha value is -2.55. The van der Waals surface area contributed by atoms with Crippen molar-refractivity contribution >= 4 is 11.5 Å². The van der Waals surface area contributed by atoms with Crippen molar-refractivity contribution in [2.45, 2.75) is 6.42 Å². The highest BCUT2D eigenvalue weighted by Gasteiger charge is 2.19. The Kier molecular flexibility index (Phi) is 4.24. The fourth-order valence-electron chi connectivity index (χ4n) is 2.71. The first-order valence-electron chi connectivity index (χ1n) is 7.46. The van der Waals surface area contributed by atoms with E-state index in [2.05, 4.69) is 18.2 Å². The molecule has 0 radical (unpaired) electrons. The van der Waals surface area contributed by atoms with Gasteiger partial charge in [0.15, 0.2) is 0 Å². The highest BCUT2D eigenvalue weighted by molar-refractivity contribution is 5.95. The zero-order valence-electron chi connectivity index (χ0n) is 12.7. The van der Waals surface area contributed by atoms with E-state index in [1.807, 2.05) is 41.3 Å². The molecule has 0 aliphatic carbocycles. The lowest BCUT2D eigenvalue weighted by atomic mass is 9.99. The zero-order valence-corrected chi connectivity index (χ0v) is 12.7. The van der Waals surface area contributed by atoms with Crippen LogP contribution in [0.15, 0.2) is 60.7 Å². The van der Waals surface area contributed by atoms with Gasteiger partial charge in [0.2, 0.25) is 0 Å². The van der Waals surface area contributed by atoms with Gasteiger partial charge in [-0.25, -0.2) is 0 Å². The number of amides is 1. The third kappa shape index (κ3) is 3.03. The summed E-state index contributed by atoms with van der Waals surface area (Å²) in [7, 11) is 1.61. The van der Waals surface area contributed by atoms with Crippen molar-refractivity contribution in [2.75, 3.05) is 20.2 Å². The maximum absolute atomic E-state index is 12.6. The third-order valence-corrected chi connectivity index (χ3v) is 3.96. The van der Waals surface area contributed by atoms with Gasteiger partial charge in [0.1, 0.15) is 5.75 Å². The molecule has 0 aromatic heterocycles. The molecular formula is C19H19NO2. The van der Waals surface area contributed by atoms with Crippen molar-refractivity contribution in [1.29, 1.82) is 0 Å². The van der Waals surface area contributed by atoms with Crippen molar-refractivity contribution in [1.82, 2.24) is 4.90 Å². The van der Waals surface area contributed by atoms with E-state index in [0.29, 0.717) is 17.9 Å². The Morgan fingerprint density at radius 2 is 1.91 bits per heavy atom. The third-order valence-electron chi connectivity index (χ3n) is 3.96. The van der Waals surface area contributed by atoms with Gasteiger partial charge >= 0.3 is 0 Å².